The Balaban J connectivity index is 1.99. The first kappa shape index (κ1) is 13.3. The quantitative estimate of drug-likeness (QED) is 0.657. The van der Waals surface area contributed by atoms with Gasteiger partial charge in [-0.3, -0.25) is 9.59 Å². The summed E-state index contributed by atoms with van der Waals surface area (Å²) in [5.74, 6) is -1.05. The molecule has 4 nitrogen and oxygen atoms in total. The van der Waals surface area contributed by atoms with Crippen molar-refractivity contribution >= 4 is 23.1 Å². The van der Waals surface area contributed by atoms with Gasteiger partial charge in [0.2, 0.25) is 5.91 Å². The average Bonchev–Trinajstić information content (AvgIpc) is 2.48. The lowest BCUT2D eigenvalue weighted by Gasteiger charge is -2.17. The number of nitrogens with one attached hydrogen (secondary N) is 1. The molecule has 2 aromatic carbocycles. The summed E-state index contributed by atoms with van der Waals surface area (Å²) in [5.41, 5.74) is 7.86. The van der Waals surface area contributed by atoms with E-state index in [1.54, 1.807) is 18.2 Å². The number of carbonyl (C=O) groups excluding carboxylic acids is 2. The van der Waals surface area contributed by atoms with E-state index in [2.05, 4.69) is 5.32 Å². The molecule has 0 saturated carbocycles. The number of halogens is 1. The highest BCUT2D eigenvalue weighted by Crippen LogP contribution is 2.25. The Kier molecular flexibility index (Phi) is 3.17. The van der Waals surface area contributed by atoms with Gasteiger partial charge < -0.3 is 11.1 Å². The summed E-state index contributed by atoms with van der Waals surface area (Å²) in [5, 5.41) is 2.74. The molecule has 0 saturated heterocycles. The second-order valence-electron chi connectivity index (χ2n) is 4.99. The highest BCUT2D eigenvalue weighted by molar-refractivity contribution is 6.10. The number of amides is 1. The van der Waals surface area contributed by atoms with Crippen LogP contribution < -0.4 is 11.1 Å². The van der Waals surface area contributed by atoms with Gasteiger partial charge in [0.1, 0.15) is 5.82 Å². The van der Waals surface area contributed by atoms with Crippen LogP contribution >= 0.6 is 0 Å². The zero-order valence-electron chi connectivity index (χ0n) is 11.2. The molecule has 2 aromatic rings. The number of anilines is 2. The number of ketones is 1. The van der Waals surface area contributed by atoms with Crippen LogP contribution in [0.5, 0.6) is 0 Å². The normalized spacial score (nSPS) is 13.5. The second-order valence-corrected chi connectivity index (χ2v) is 4.99. The molecule has 21 heavy (non-hydrogen) atoms. The summed E-state index contributed by atoms with van der Waals surface area (Å²) in [4.78, 5) is 23.7. The molecule has 0 unspecified atom stereocenters. The summed E-state index contributed by atoms with van der Waals surface area (Å²) in [6.07, 6.45) is 0.957. The second kappa shape index (κ2) is 5.01. The summed E-state index contributed by atoms with van der Waals surface area (Å²) in [6.45, 7) is 0. The Bertz CT molecular complexity index is 756. The van der Waals surface area contributed by atoms with E-state index in [-0.39, 0.29) is 11.5 Å². The van der Waals surface area contributed by atoms with Gasteiger partial charge in [0.15, 0.2) is 5.78 Å². The Morgan fingerprint density at radius 3 is 2.76 bits per heavy atom. The van der Waals surface area contributed by atoms with Crippen molar-refractivity contribution in [2.45, 2.75) is 12.8 Å². The number of rotatable bonds is 2. The van der Waals surface area contributed by atoms with Crippen molar-refractivity contribution in [3.8, 4) is 0 Å². The van der Waals surface area contributed by atoms with E-state index < -0.39 is 11.6 Å². The fourth-order valence-electron chi connectivity index (χ4n) is 2.40. The summed E-state index contributed by atoms with van der Waals surface area (Å²) >= 11 is 0. The number of nitrogens with two attached hydrogens (primary N) is 1. The molecule has 0 aromatic heterocycles. The minimum absolute atomic E-state index is 0.0385. The lowest BCUT2D eigenvalue weighted by molar-refractivity contribution is -0.116. The van der Waals surface area contributed by atoms with Gasteiger partial charge >= 0.3 is 0 Å². The predicted octanol–water partition coefficient (Wildman–Crippen LogP) is 2.52. The zero-order valence-corrected chi connectivity index (χ0v) is 11.2. The maximum absolute atomic E-state index is 13.8. The van der Waals surface area contributed by atoms with Crippen molar-refractivity contribution in [3.63, 3.8) is 0 Å². The maximum Gasteiger partial charge on any atom is 0.224 e. The van der Waals surface area contributed by atoms with Crippen LogP contribution in [0.2, 0.25) is 0 Å². The molecule has 1 heterocycles. The monoisotopic (exact) mass is 284 g/mol. The van der Waals surface area contributed by atoms with Crippen LogP contribution in [-0.2, 0) is 11.2 Å². The predicted molar refractivity (Wildman–Crippen MR) is 77.6 cm³/mol. The molecule has 1 aliphatic heterocycles. The number of benzene rings is 2. The SMILES string of the molecule is Nc1ccc(F)c(C(=O)c2ccc3c(c2)CCC(=O)N3)c1. The van der Waals surface area contributed by atoms with Gasteiger partial charge in [0.25, 0.3) is 0 Å². The Labute approximate surface area is 120 Å². The molecule has 3 N–H and O–H groups in total. The fourth-order valence-corrected chi connectivity index (χ4v) is 2.40. The summed E-state index contributed by atoms with van der Waals surface area (Å²) < 4.78 is 13.8. The molecular weight excluding hydrogens is 271 g/mol. The first-order chi connectivity index (χ1) is 10.0. The van der Waals surface area contributed by atoms with Crippen molar-refractivity contribution in [2.24, 2.45) is 0 Å². The molecule has 1 aliphatic rings. The number of hydrogen-bond donors (Lipinski definition) is 2. The van der Waals surface area contributed by atoms with Gasteiger partial charge in [-0.25, -0.2) is 4.39 Å². The number of aryl methyl sites for hydroxylation is 1. The molecule has 0 spiro atoms. The third-order valence-corrected chi connectivity index (χ3v) is 3.50. The third kappa shape index (κ3) is 2.50. The molecule has 0 atom stereocenters. The van der Waals surface area contributed by atoms with E-state index in [1.807, 2.05) is 0 Å². The first-order valence-corrected chi connectivity index (χ1v) is 6.57. The van der Waals surface area contributed by atoms with Crippen LogP contribution in [0.1, 0.15) is 27.9 Å². The molecule has 106 valence electrons. The smallest absolute Gasteiger partial charge is 0.224 e. The van der Waals surface area contributed by atoms with Gasteiger partial charge in [-0.05, 0) is 48.4 Å². The van der Waals surface area contributed by atoms with Crippen molar-refractivity contribution in [2.75, 3.05) is 11.1 Å². The summed E-state index contributed by atoms with van der Waals surface area (Å²) in [6, 6.07) is 8.87. The lowest BCUT2D eigenvalue weighted by atomic mass is 9.96. The zero-order chi connectivity index (χ0) is 15.0. The minimum atomic E-state index is -0.597. The van der Waals surface area contributed by atoms with Gasteiger partial charge in [-0.15, -0.1) is 0 Å². The highest BCUT2D eigenvalue weighted by Gasteiger charge is 2.19. The van der Waals surface area contributed by atoms with Gasteiger partial charge in [0.05, 0.1) is 5.56 Å². The number of hydrogen-bond acceptors (Lipinski definition) is 3. The number of carbonyl (C=O) groups is 2. The largest absolute Gasteiger partial charge is 0.399 e. The van der Waals surface area contributed by atoms with Gasteiger partial charge in [0, 0.05) is 23.4 Å². The molecule has 0 radical (unpaired) electrons. The standard InChI is InChI=1S/C16H13FN2O2/c17-13-4-3-11(18)8-12(13)16(21)10-1-5-14-9(7-10)2-6-15(20)19-14/h1,3-5,7-8H,2,6,18H2,(H,19,20). The van der Waals surface area contributed by atoms with Crippen LogP contribution in [0.3, 0.4) is 0 Å². The van der Waals surface area contributed by atoms with Crippen LogP contribution in [0.4, 0.5) is 15.8 Å². The molecule has 3 rings (SSSR count). The number of nitrogen functional groups attached to an aromatic ring is 1. The van der Waals surface area contributed by atoms with E-state index in [4.69, 9.17) is 5.73 Å². The highest BCUT2D eigenvalue weighted by atomic mass is 19.1. The average molecular weight is 284 g/mol. The molecule has 0 fully saturated rings. The molecular formula is C16H13FN2O2. The minimum Gasteiger partial charge on any atom is -0.399 e. The van der Waals surface area contributed by atoms with Crippen LogP contribution in [0, 0.1) is 5.82 Å². The third-order valence-electron chi connectivity index (χ3n) is 3.50. The van der Waals surface area contributed by atoms with Crippen molar-refractivity contribution in [1.29, 1.82) is 0 Å². The molecule has 1 amide bonds. The van der Waals surface area contributed by atoms with Gasteiger partial charge in [-0.1, -0.05) is 0 Å². The Morgan fingerprint density at radius 2 is 1.95 bits per heavy atom. The Hall–Kier alpha value is -2.69. The fraction of sp³-hybridized carbons (Fsp3) is 0.125. The van der Waals surface area contributed by atoms with E-state index in [1.165, 1.54) is 18.2 Å². The van der Waals surface area contributed by atoms with Crippen molar-refractivity contribution < 1.29 is 14.0 Å². The van der Waals surface area contributed by atoms with Crippen LogP contribution in [0.25, 0.3) is 0 Å². The van der Waals surface area contributed by atoms with E-state index in [0.29, 0.717) is 29.8 Å². The van der Waals surface area contributed by atoms with Crippen LogP contribution in [0.15, 0.2) is 36.4 Å². The topological polar surface area (TPSA) is 72.2 Å². The van der Waals surface area contributed by atoms with E-state index in [0.717, 1.165) is 5.56 Å². The van der Waals surface area contributed by atoms with Gasteiger partial charge in [-0.2, -0.15) is 0 Å². The van der Waals surface area contributed by atoms with Crippen molar-refractivity contribution in [3.05, 3.63) is 58.9 Å². The summed E-state index contributed by atoms with van der Waals surface area (Å²) in [7, 11) is 0. The van der Waals surface area contributed by atoms with Crippen LogP contribution in [-0.4, -0.2) is 11.7 Å². The molecule has 5 heteroatoms. The molecule has 0 bridgehead atoms. The number of fused-ring (bicyclic) bond motifs is 1. The van der Waals surface area contributed by atoms with E-state index >= 15 is 0 Å². The lowest BCUT2D eigenvalue weighted by Crippen LogP contribution is -2.19. The first-order valence-electron chi connectivity index (χ1n) is 6.57. The Morgan fingerprint density at radius 1 is 1.14 bits per heavy atom. The molecule has 0 aliphatic carbocycles. The van der Waals surface area contributed by atoms with E-state index in [9.17, 15) is 14.0 Å². The maximum atomic E-state index is 13.8. The van der Waals surface area contributed by atoms with Crippen molar-refractivity contribution in [1.82, 2.24) is 0 Å².